The molecular weight excluding hydrogens is 432 g/mol. The van der Waals surface area contributed by atoms with Gasteiger partial charge in [0.2, 0.25) is 0 Å². The highest BCUT2D eigenvalue weighted by atomic mass is 16.6. The molecule has 0 saturated heterocycles. The van der Waals surface area contributed by atoms with Crippen molar-refractivity contribution >= 4 is 22.7 Å². The standard InChI is InChI=1S/C26H20N4O4/c31-26(34-16-23-20-10-3-1-8-18(20)19-9-2-4-11-21(19)23)27-12-6-5-7-17-13-24-22(15-28-29-24)25(14-17)30(32)33/h1-4,8-11,13-15,23H,6,12,16H2,(H,27,31)(H,28,29). The number of ether oxygens (including phenoxy) is 1. The lowest BCUT2D eigenvalue weighted by molar-refractivity contribution is -0.383. The Labute approximate surface area is 195 Å². The van der Waals surface area contributed by atoms with E-state index in [0.29, 0.717) is 29.4 Å². The van der Waals surface area contributed by atoms with E-state index in [0.717, 1.165) is 11.1 Å². The van der Waals surface area contributed by atoms with Gasteiger partial charge in [0.25, 0.3) is 5.69 Å². The summed E-state index contributed by atoms with van der Waals surface area (Å²) in [5.74, 6) is 5.83. The van der Waals surface area contributed by atoms with Crippen molar-refractivity contribution in [3.05, 3.63) is 93.7 Å². The van der Waals surface area contributed by atoms with Gasteiger partial charge in [0.1, 0.15) is 6.61 Å². The average Bonchev–Trinajstić information content (AvgIpc) is 3.44. The molecule has 1 heterocycles. The lowest BCUT2D eigenvalue weighted by Crippen LogP contribution is -2.26. The van der Waals surface area contributed by atoms with Gasteiger partial charge in [0, 0.05) is 30.5 Å². The van der Waals surface area contributed by atoms with Crippen LogP contribution in [0.2, 0.25) is 0 Å². The number of hydrogen-bond donors (Lipinski definition) is 2. The van der Waals surface area contributed by atoms with Crippen LogP contribution in [0.1, 0.15) is 29.0 Å². The second kappa shape index (κ2) is 9.08. The van der Waals surface area contributed by atoms with Gasteiger partial charge in [0.05, 0.1) is 22.0 Å². The summed E-state index contributed by atoms with van der Waals surface area (Å²) in [6, 6.07) is 19.5. The van der Waals surface area contributed by atoms with Crippen LogP contribution in [0.15, 0.2) is 66.9 Å². The Morgan fingerprint density at radius 1 is 1.12 bits per heavy atom. The van der Waals surface area contributed by atoms with Crippen LogP contribution in [0.5, 0.6) is 0 Å². The molecule has 0 radical (unpaired) electrons. The zero-order valence-electron chi connectivity index (χ0n) is 18.1. The van der Waals surface area contributed by atoms with Crippen molar-refractivity contribution < 1.29 is 14.5 Å². The Morgan fingerprint density at radius 2 is 1.82 bits per heavy atom. The number of benzene rings is 3. The largest absolute Gasteiger partial charge is 0.449 e. The van der Waals surface area contributed by atoms with Crippen LogP contribution in [0.4, 0.5) is 10.5 Å². The van der Waals surface area contributed by atoms with Crippen LogP contribution in [0.25, 0.3) is 22.0 Å². The first kappa shape index (κ1) is 21.2. The van der Waals surface area contributed by atoms with Crippen LogP contribution < -0.4 is 5.32 Å². The van der Waals surface area contributed by atoms with Crippen LogP contribution in [-0.4, -0.2) is 34.4 Å². The number of rotatable bonds is 5. The SMILES string of the molecule is O=C(NCCC#Cc1cc([N+](=O)[O-])c2cn[nH]c2c1)OCC1c2ccccc2-c2ccccc21. The number of carbonyl (C=O) groups excluding carboxylic acids is 1. The van der Waals surface area contributed by atoms with E-state index in [1.165, 1.54) is 23.4 Å². The van der Waals surface area contributed by atoms with Gasteiger partial charge in [-0.25, -0.2) is 4.79 Å². The Hall–Kier alpha value is -4.64. The maximum atomic E-state index is 12.2. The Morgan fingerprint density at radius 3 is 2.53 bits per heavy atom. The minimum absolute atomic E-state index is 0.00568. The fourth-order valence-corrected chi connectivity index (χ4v) is 4.30. The molecule has 8 nitrogen and oxygen atoms in total. The van der Waals surface area contributed by atoms with Crippen LogP contribution in [-0.2, 0) is 4.74 Å². The Balaban J connectivity index is 1.16. The van der Waals surface area contributed by atoms with E-state index in [1.807, 2.05) is 24.3 Å². The van der Waals surface area contributed by atoms with Crippen LogP contribution in [0.3, 0.4) is 0 Å². The van der Waals surface area contributed by atoms with E-state index in [9.17, 15) is 14.9 Å². The summed E-state index contributed by atoms with van der Waals surface area (Å²) in [7, 11) is 0. The fraction of sp³-hybridized carbons (Fsp3) is 0.154. The number of nitro benzene ring substituents is 1. The smallest absolute Gasteiger partial charge is 0.407 e. The number of H-pyrrole nitrogens is 1. The minimum Gasteiger partial charge on any atom is -0.449 e. The fourth-order valence-electron chi connectivity index (χ4n) is 4.30. The number of alkyl carbamates (subject to hydrolysis) is 1. The maximum absolute atomic E-state index is 12.2. The van der Waals surface area contributed by atoms with Crippen molar-refractivity contribution in [2.75, 3.05) is 13.2 Å². The lowest BCUT2D eigenvalue weighted by atomic mass is 9.98. The van der Waals surface area contributed by atoms with Gasteiger partial charge in [0.15, 0.2) is 0 Å². The third-order valence-electron chi connectivity index (χ3n) is 5.83. The normalized spacial score (nSPS) is 11.9. The van der Waals surface area contributed by atoms with Gasteiger partial charge in [-0.15, -0.1) is 0 Å². The molecule has 0 atom stereocenters. The molecule has 2 N–H and O–H groups in total. The summed E-state index contributed by atoms with van der Waals surface area (Å²) >= 11 is 0. The number of nitrogens with zero attached hydrogens (tertiary/aromatic N) is 2. The third-order valence-corrected chi connectivity index (χ3v) is 5.83. The van der Waals surface area contributed by atoms with Crippen molar-refractivity contribution in [2.24, 2.45) is 0 Å². The molecule has 0 unspecified atom stereocenters. The van der Waals surface area contributed by atoms with Gasteiger partial charge in [-0.3, -0.25) is 15.2 Å². The number of non-ortho nitro benzene ring substituents is 1. The van der Waals surface area contributed by atoms with Gasteiger partial charge in [-0.1, -0.05) is 60.4 Å². The number of carbonyl (C=O) groups is 1. The predicted molar refractivity (Wildman–Crippen MR) is 127 cm³/mol. The van der Waals surface area contributed by atoms with Gasteiger partial charge < -0.3 is 10.1 Å². The van der Waals surface area contributed by atoms with Crippen molar-refractivity contribution in [1.29, 1.82) is 0 Å². The van der Waals surface area contributed by atoms with Crippen LogP contribution >= 0.6 is 0 Å². The van der Waals surface area contributed by atoms with E-state index < -0.39 is 11.0 Å². The van der Waals surface area contributed by atoms with E-state index in [4.69, 9.17) is 4.74 Å². The van der Waals surface area contributed by atoms with Crippen molar-refractivity contribution in [1.82, 2.24) is 15.5 Å². The zero-order valence-corrected chi connectivity index (χ0v) is 18.1. The van der Waals surface area contributed by atoms with Gasteiger partial charge in [-0.2, -0.15) is 5.10 Å². The van der Waals surface area contributed by atoms with E-state index in [-0.39, 0.29) is 18.2 Å². The molecule has 1 aromatic heterocycles. The number of nitrogens with one attached hydrogen (secondary N) is 2. The molecule has 5 rings (SSSR count). The van der Waals surface area contributed by atoms with E-state index in [2.05, 4.69) is 51.6 Å². The molecule has 1 aliphatic rings. The maximum Gasteiger partial charge on any atom is 0.407 e. The van der Waals surface area contributed by atoms with Gasteiger partial charge >= 0.3 is 6.09 Å². The highest BCUT2D eigenvalue weighted by molar-refractivity contribution is 5.88. The number of amides is 1. The van der Waals surface area contributed by atoms with Crippen molar-refractivity contribution in [3.63, 3.8) is 0 Å². The van der Waals surface area contributed by atoms with Crippen LogP contribution in [0, 0.1) is 22.0 Å². The number of nitro groups is 1. The molecule has 1 amide bonds. The Bertz CT molecular complexity index is 1420. The lowest BCUT2D eigenvalue weighted by Gasteiger charge is -2.14. The molecule has 4 aromatic rings. The summed E-state index contributed by atoms with van der Waals surface area (Å²) in [5.41, 5.74) is 5.68. The molecule has 1 aliphatic carbocycles. The topological polar surface area (TPSA) is 110 Å². The second-order valence-corrected chi connectivity index (χ2v) is 7.89. The molecule has 8 heteroatoms. The van der Waals surface area contributed by atoms with Gasteiger partial charge in [-0.05, 0) is 28.3 Å². The summed E-state index contributed by atoms with van der Waals surface area (Å²) in [4.78, 5) is 23.0. The molecule has 0 fully saturated rings. The highest BCUT2D eigenvalue weighted by Crippen LogP contribution is 2.44. The molecule has 168 valence electrons. The van der Waals surface area contributed by atoms with E-state index in [1.54, 1.807) is 6.07 Å². The Kier molecular flexibility index (Phi) is 5.67. The van der Waals surface area contributed by atoms with Crippen molar-refractivity contribution in [3.8, 4) is 23.0 Å². The number of aromatic amines is 1. The zero-order chi connectivity index (χ0) is 23.5. The molecule has 0 spiro atoms. The average molecular weight is 452 g/mol. The quantitative estimate of drug-likeness (QED) is 0.196. The second-order valence-electron chi connectivity index (χ2n) is 7.89. The summed E-state index contributed by atoms with van der Waals surface area (Å²) in [6.07, 6.45) is 1.29. The molecule has 0 saturated carbocycles. The molecule has 34 heavy (non-hydrogen) atoms. The molecule has 3 aromatic carbocycles. The summed E-state index contributed by atoms with van der Waals surface area (Å²) in [5, 5.41) is 21.0. The number of aromatic nitrogens is 2. The van der Waals surface area contributed by atoms with E-state index >= 15 is 0 Å². The third kappa shape index (κ3) is 4.07. The summed E-state index contributed by atoms with van der Waals surface area (Å²) in [6.45, 7) is 0.553. The van der Waals surface area contributed by atoms with Crippen molar-refractivity contribution in [2.45, 2.75) is 12.3 Å². The molecule has 0 aliphatic heterocycles. The number of fused-ring (bicyclic) bond motifs is 4. The molecular formula is C26H20N4O4. The first-order valence-electron chi connectivity index (χ1n) is 10.8. The first-order valence-corrected chi connectivity index (χ1v) is 10.8. The highest BCUT2D eigenvalue weighted by Gasteiger charge is 2.28. The predicted octanol–water partition coefficient (Wildman–Crippen LogP) is 4.75. The monoisotopic (exact) mass is 452 g/mol. The molecule has 0 bridgehead atoms. The number of hydrogen-bond acceptors (Lipinski definition) is 5. The summed E-state index contributed by atoms with van der Waals surface area (Å²) < 4.78 is 5.50. The first-order chi connectivity index (χ1) is 16.6. The minimum atomic E-state index is -0.502.